The lowest BCUT2D eigenvalue weighted by molar-refractivity contribution is -0.132. The molecule has 3 aromatic carbocycles. The predicted molar refractivity (Wildman–Crippen MR) is 125 cm³/mol. The first-order chi connectivity index (χ1) is 16.0. The number of Topliss-reactive ketones (excluding diaryl/α,β-unsaturated/α-hetero) is 1. The Labute approximate surface area is 192 Å². The number of aliphatic hydroxyl groups excluding tert-OH is 1. The number of nitriles is 1. The molecule has 1 saturated heterocycles. The molecule has 4 rings (SSSR count). The van der Waals surface area contributed by atoms with Crippen molar-refractivity contribution in [3.8, 4) is 11.8 Å². The molecule has 1 heterocycles. The van der Waals surface area contributed by atoms with Gasteiger partial charge in [0, 0.05) is 16.8 Å². The average Bonchev–Trinajstić information content (AvgIpc) is 3.13. The number of anilines is 1. The molecule has 1 N–H and O–H groups in total. The van der Waals surface area contributed by atoms with E-state index < -0.39 is 17.7 Å². The maximum atomic E-state index is 13.2. The monoisotopic (exact) mass is 438 g/mol. The molecule has 3 aromatic rings. The third-order valence-electron chi connectivity index (χ3n) is 5.79. The van der Waals surface area contributed by atoms with Gasteiger partial charge >= 0.3 is 0 Å². The molecular weight excluding hydrogens is 416 g/mol. The SMILES string of the molecule is CCc1ccc(/C(O)=C2/C(=O)C(=O)N(c3ccc(C#N)cc3)C2c2ccccc2OC)cc1. The van der Waals surface area contributed by atoms with Gasteiger partial charge in [0.2, 0.25) is 0 Å². The Hall–Kier alpha value is -4.37. The van der Waals surface area contributed by atoms with Crippen LogP contribution < -0.4 is 9.64 Å². The molecule has 1 amide bonds. The zero-order valence-electron chi connectivity index (χ0n) is 18.3. The largest absolute Gasteiger partial charge is 0.507 e. The topological polar surface area (TPSA) is 90.6 Å². The van der Waals surface area contributed by atoms with Crippen LogP contribution in [0.5, 0.6) is 5.75 Å². The van der Waals surface area contributed by atoms with Crippen LogP contribution in [0.4, 0.5) is 5.69 Å². The first-order valence-electron chi connectivity index (χ1n) is 10.5. The fourth-order valence-electron chi connectivity index (χ4n) is 4.04. The van der Waals surface area contributed by atoms with Gasteiger partial charge in [-0.25, -0.2) is 0 Å². The van der Waals surface area contributed by atoms with E-state index in [1.807, 2.05) is 25.1 Å². The molecule has 0 bridgehead atoms. The van der Waals surface area contributed by atoms with Crippen LogP contribution in [0.1, 0.15) is 35.2 Å². The number of methoxy groups -OCH3 is 1. The normalized spacial score (nSPS) is 17.1. The number of para-hydroxylation sites is 1. The number of ketones is 1. The number of ether oxygens (including phenoxy) is 1. The van der Waals surface area contributed by atoms with Gasteiger partial charge in [0.25, 0.3) is 11.7 Å². The Morgan fingerprint density at radius 3 is 2.30 bits per heavy atom. The molecule has 0 aliphatic carbocycles. The van der Waals surface area contributed by atoms with Crippen molar-refractivity contribution in [3.05, 3.63) is 101 Å². The summed E-state index contributed by atoms with van der Waals surface area (Å²) < 4.78 is 5.52. The van der Waals surface area contributed by atoms with Crippen LogP contribution in [-0.4, -0.2) is 23.9 Å². The fourth-order valence-corrected chi connectivity index (χ4v) is 4.04. The quantitative estimate of drug-likeness (QED) is 0.352. The van der Waals surface area contributed by atoms with Gasteiger partial charge in [-0.05, 0) is 42.3 Å². The third kappa shape index (κ3) is 3.85. The number of hydrogen-bond donors (Lipinski definition) is 1. The van der Waals surface area contributed by atoms with Gasteiger partial charge in [-0.1, -0.05) is 49.4 Å². The van der Waals surface area contributed by atoms with Gasteiger partial charge in [-0.3, -0.25) is 14.5 Å². The van der Waals surface area contributed by atoms with Gasteiger partial charge in [0.05, 0.1) is 30.4 Å². The zero-order chi connectivity index (χ0) is 23.5. The third-order valence-corrected chi connectivity index (χ3v) is 5.79. The maximum absolute atomic E-state index is 13.2. The summed E-state index contributed by atoms with van der Waals surface area (Å²) in [6.45, 7) is 2.03. The smallest absolute Gasteiger partial charge is 0.300 e. The molecule has 33 heavy (non-hydrogen) atoms. The summed E-state index contributed by atoms with van der Waals surface area (Å²) in [4.78, 5) is 27.8. The van der Waals surface area contributed by atoms with Crippen molar-refractivity contribution < 1.29 is 19.4 Å². The number of amides is 1. The number of carbonyl (C=O) groups is 2. The van der Waals surface area contributed by atoms with Crippen LogP contribution in [0.15, 0.2) is 78.4 Å². The van der Waals surface area contributed by atoms with E-state index in [2.05, 4.69) is 0 Å². The highest BCUT2D eigenvalue weighted by Gasteiger charge is 2.47. The van der Waals surface area contributed by atoms with E-state index in [1.165, 1.54) is 12.0 Å². The Morgan fingerprint density at radius 2 is 1.70 bits per heavy atom. The summed E-state index contributed by atoms with van der Waals surface area (Å²) in [6, 6.07) is 21.8. The molecule has 6 heteroatoms. The molecule has 1 aliphatic heterocycles. The van der Waals surface area contributed by atoms with E-state index in [0.717, 1.165) is 12.0 Å². The minimum absolute atomic E-state index is 0.0156. The van der Waals surface area contributed by atoms with Crippen LogP contribution in [-0.2, 0) is 16.0 Å². The Balaban J connectivity index is 1.95. The van der Waals surface area contributed by atoms with E-state index >= 15 is 0 Å². The van der Waals surface area contributed by atoms with Crippen LogP contribution in [0.25, 0.3) is 5.76 Å². The maximum Gasteiger partial charge on any atom is 0.300 e. The standard InChI is InChI=1S/C27H22N2O4/c1-3-17-8-12-19(13-9-17)25(30)23-24(21-6-4-5-7-22(21)33-2)29(27(32)26(23)31)20-14-10-18(16-28)11-15-20/h4-15,24,30H,3H2,1-2H3/b25-23-. The lowest BCUT2D eigenvalue weighted by atomic mass is 9.94. The molecule has 1 fully saturated rings. The second-order valence-electron chi connectivity index (χ2n) is 7.62. The predicted octanol–water partition coefficient (Wildman–Crippen LogP) is 4.76. The highest BCUT2D eigenvalue weighted by molar-refractivity contribution is 6.51. The first kappa shape index (κ1) is 21.8. The summed E-state index contributed by atoms with van der Waals surface area (Å²) in [6.07, 6.45) is 0.839. The van der Waals surface area contributed by atoms with Crippen molar-refractivity contribution >= 4 is 23.1 Å². The number of aliphatic hydroxyl groups is 1. The van der Waals surface area contributed by atoms with E-state index in [0.29, 0.717) is 28.1 Å². The van der Waals surface area contributed by atoms with E-state index in [1.54, 1.807) is 60.7 Å². The first-order valence-corrected chi connectivity index (χ1v) is 10.5. The zero-order valence-corrected chi connectivity index (χ0v) is 18.3. The molecule has 1 atom stereocenters. The number of benzene rings is 3. The molecule has 0 spiro atoms. The summed E-state index contributed by atoms with van der Waals surface area (Å²) in [7, 11) is 1.51. The lowest BCUT2D eigenvalue weighted by Gasteiger charge is -2.26. The molecule has 1 unspecified atom stereocenters. The summed E-state index contributed by atoms with van der Waals surface area (Å²) in [5.41, 5.74) is 2.96. The van der Waals surface area contributed by atoms with Crippen molar-refractivity contribution in [2.75, 3.05) is 12.0 Å². The fraction of sp³-hybridized carbons (Fsp3) is 0.148. The van der Waals surface area contributed by atoms with Crippen LogP contribution in [0, 0.1) is 11.3 Å². The highest BCUT2D eigenvalue weighted by Crippen LogP contribution is 2.44. The molecule has 164 valence electrons. The number of hydrogen-bond acceptors (Lipinski definition) is 5. The molecular formula is C27H22N2O4. The molecule has 6 nitrogen and oxygen atoms in total. The highest BCUT2D eigenvalue weighted by atomic mass is 16.5. The van der Waals surface area contributed by atoms with E-state index in [4.69, 9.17) is 10.00 Å². The van der Waals surface area contributed by atoms with Crippen molar-refractivity contribution in [1.82, 2.24) is 0 Å². The minimum atomic E-state index is -0.903. The summed E-state index contributed by atoms with van der Waals surface area (Å²) >= 11 is 0. The Kier molecular flexibility index (Phi) is 5.97. The second kappa shape index (κ2) is 9.01. The van der Waals surface area contributed by atoms with Gasteiger partial charge in [0.1, 0.15) is 11.5 Å². The lowest BCUT2D eigenvalue weighted by Crippen LogP contribution is -2.29. The van der Waals surface area contributed by atoms with E-state index in [9.17, 15) is 14.7 Å². The van der Waals surface area contributed by atoms with Gasteiger partial charge in [-0.15, -0.1) is 0 Å². The van der Waals surface area contributed by atoms with Crippen LogP contribution >= 0.6 is 0 Å². The Bertz CT molecular complexity index is 1280. The molecule has 1 aliphatic rings. The minimum Gasteiger partial charge on any atom is -0.507 e. The number of aryl methyl sites for hydroxylation is 1. The van der Waals surface area contributed by atoms with Crippen LogP contribution in [0.2, 0.25) is 0 Å². The molecule has 0 saturated carbocycles. The molecule has 0 aromatic heterocycles. The number of rotatable bonds is 5. The van der Waals surface area contributed by atoms with Gasteiger partial charge in [0.15, 0.2) is 0 Å². The van der Waals surface area contributed by atoms with Crippen molar-refractivity contribution in [1.29, 1.82) is 5.26 Å². The summed E-state index contributed by atoms with van der Waals surface area (Å²) in [5, 5.41) is 20.3. The Morgan fingerprint density at radius 1 is 1.03 bits per heavy atom. The van der Waals surface area contributed by atoms with Crippen LogP contribution in [0.3, 0.4) is 0 Å². The number of nitrogens with zero attached hydrogens (tertiary/aromatic N) is 2. The van der Waals surface area contributed by atoms with E-state index in [-0.39, 0.29) is 11.3 Å². The van der Waals surface area contributed by atoms with Crippen molar-refractivity contribution in [2.24, 2.45) is 0 Å². The van der Waals surface area contributed by atoms with Gasteiger partial charge in [-0.2, -0.15) is 5.26 Å². The second-order valence-corrected chi connectivity index (χ2v) is 7.62. The number of carbonyl (C=O) groups excluding carboxylic acids is 2. The van der Waals surface area contributed by atoms with Crippen molar-refractivity contribution in [2.45, 2.75) is 19.4 Å². The van der Waals surface area contributed by atoms with Crippen molar-refractivity contribution in [3.63, 3.8) is 0 Å². The van der Waals surface area contributed by atoms with Gasteiger partial charge < -0.3 is 9.84 Å². The average molecular weight is 438 g/mol. The summed E-state index contributed by atoms with van der Waals surface area (Å²) in [5.74, 6) is -1.31. The molecule has 0 radical (unpaired) electrons.